The van der Waals surface area contributed by atoms with E-state index in [4.69, 9.17) is 32.8 Å². The van der Waals surface area contributed by atoms with E-state index >= 15 is 0 Å². The SMILES string of the molecule is O=[N+]([O-])c1ccc(OC[C@H]2CC(c3ccc(Cl)cc3Cl)=NO2)cc1. The molecule has 0 fully saturated rings. The van der Waals surface area contributed by atoms with E-state index in [2.05, 4.69) is 5.16 Å². The summed E-state index contributed by atoms with van der Waals surface area (Å²) < 4.78 is 5.58. The molecule has 3 rings (SSSR count). The van der Waals surface area contributed by atoms with Gasteiger partial charge in [-0.2, -0.15) is 0 Å². The summed E-state index contributed by atoms with van der Waals surface area (Å²) in [6.07, 6.45) is 0.302. The Kier molecular flexibility index (Phi) is 4.87. The van der Waals surface area contributed by atoms with Crippen LogP contribution in [0.4, 0.5) is 5.69 Å². The van der Waals surface area contributed by atoms with Gasteiger partial charge in [-0.05, 0) is 24.3 Å². The Morgan fingerprint density at radius 2 is 2.00 bits per heavy atom. The van der Waals surface area contributed by atoms with Crippen molar-refractivity contribution in [2.75, 3.05) is 6.61 Å². The standard InChI is InChI=1S/C16H12Cl2N2O4/c17-10-1-6-14(15(18)7-10)16-8-13(24-19-16)9-23-12-4-2-11(3-5-12)20(21)22/h1-7,13H,8-9H2/t13-/m1/s1. The number of halogens is 2. The summed E-state index contributed by atoms with van der Waals surface area (Å²) in [6.45, 7) is 0.274. The lowest BCUT2D eigenvalue weighted by atomic mass is 10.1. The third kappa shape index (κ3) is 3.77. The zero-order valence-electron chi connectivity index (χ0n) is 12.3. The van der Waals surface area contributed by atoms with Gasteiger partial charge in [-0.3, -0.25) is 10.1 Å². The molecule has 24 heavy (non-hydrogen) atoms. The summed E-state index contributed by atoms with van der Waals surface area (Å²) in [7, 11) is 0. The van der Waals surface area contributed by atoms with Crippen LogP contribution in [0, 0.1) is 10.1 Å². The molecule has 0 spiro atoms. The van der Waals surface area contributed by atoms with E-state index in [0.29, 0.717) is 22.2 Å². The van der Waals surface area contributed by atoms with Crippen molar-refractivity contribution < 1.29 is 14.5 Å². The van der Waals surface area contributed by atoms with E-state index in [-0.39, 0.29) is 18.4 Å². The lowest BCUT2D eigenvalue weighted by Crippen LogP contribution is -2.18. The highest BCUT2D eigenvalue weighted by molar-refractivity contribution is 6.37. The number of rotatable bonds is 5. The fraction of sp³-hybridized carbons (Fsp3) is 0.188. The Labute approximate surface area is 147 Å². The van der Waals surface area contributed by atoms with E-state index in [1.807, 2.05) is 0 Å². The van der Waals surface area contributed by atoms with Crippen LogP contribution in [0.5, 0.6) is 5.75 Å². The largest absolute Gasteiger partial charge is 0.490 e. The molecule has 2 aromatic rings. The van der Waals surface area contributed by atoms with Crippen LogP contribution in [0.15, 0.2) is 47.6 Å². The Morgan fingerprint density at radius 1 is 1.25 bits per heavy atom. The summed E-state index contributed by atoms with van der Waals surface area (Å²) in [5, 5.41) is 15.7. The molecule has 1 atom stereocenters. The Bertz CT molecular complexity index is 793. The van der Waals surface area contributed by atoms with E-state index in [1.54, 1.807) is 30.3 Å². The predicted octanol–water partition coefficient (Wildman–Crippen LogP) is 4.47. The van der Waals surface area contributed by atoms with E-state index in [1.165, 1.54) is 12.1 Å². The Morgan fingerprint density at radius 3 is 2.67 bits per heavy atom. The molecule has 2 aromatic carbocycles. The van der Waals surface area contributed by atoms with Gasteiger partial charge >= 0.3 is 0 Å². The minimum Gasteiger partial charge on any atom is -0.490 e. The highest BCUT2D eigenvalue weighted by Gasteiger charge is 2.24. The van der Waals surface area contributed by atoms with Crippen LogP contribution < -0.4 is 4.74 Å². The number of nitro groups is 1. The Hall–Kier alpha value is -2.31. The number of hydrogen-bond acceptors (Lipinski definition) is 5. The van der Waals surface area contributed by atoms with Crippen LogP contribution in [0.2, 0.25) is 10.0 Å². The zero-order valence-corrected chi connectivity index (χ0v) is 13.8. The van der Waals surface area contributed by atoms with Crippen molar-refractivity contribution in [3.05, 3.63) is 68.2 Å². The summed E-state index contributed by atoms with van der Waals surface area (Å²) in [5.41, 5.74) is 1.52. The van der Waals surface area contributed by atoms with Gasteiger partial charge in [0.15, 0.2) is 6.10 Å². The topological polar surface area (TPSA) is 74.0 Å². The van der Waals surface area contributed by atoms with Crippen molar-refractivity contribution in [3.63, 3.8) is 0 Å². The first-order valence-corrected chi connectivity index (χ1v) is 7.84. The van der Waals surface area contributed by atoms with Crippen molar-refractivity contribution in [2.45, 2.75) is 12.5 Å². The van der Waals surface area contributed by atoms with Gasteiger partial charge in [-0.1, -0.05) is 34.4 Å². The maximum absolute atomic E-state index is 10.6. The molecule has 8 heteroatoms. The fourth-order valence-electron chi connectivity index (χ4n) is 2.25. The smallest absolute Gasteiger partial charge is 0.269 e. The number of nitrogens with zero attached hydrogens (tertiary/aromatic N) is 2. The quantitative estimate of drug-likeness (QED) is 0.577. The first-order chi connectivity index (χ1) is 11.5. The second-order valence-electron chi connectivity index (χ2n) is 5.16. The van der Waals surface area contributed by atoms with Crippen LogP contribution in [0.1, 0.15) is 12.0 Å². The molecular weight excluding hydrogens is 355 g/mol. The molecule has 0 amide bonds. The van der Waals surface area contributed by atoms with Gasteiger partial charge in [0, 0.05) is 29.1 Å². The van der Waals surface area contributed by atoms with Crippen molar-refractivity contribution in [1.82, 2.24) is 0 Å². The number of non-ortho nitro benzene ring substituents is 1. The molecule has 1 heterocycles. The van der Waals surface area contributed by atoms with Crippen LogP contribution in [0.25, 0.3) is 0 Å². The lowest BCUT2D eigenvalue weighted by molar-refractivity contribution is -0.384. The maximum atomic E-state index is 10.6. The van der Waals surface area contributed by atoms with Gasteiger partial charge in [-0.15, -0.1) is 0 Å². The van der Waals surface area contributed by atoms with Crippen LogP contribution in [0.3, 0.4) is 0 Å². The number of ether oxygens (including phenoxy) is 1. The summed E-state index contributed by atoms with van der Waals surface area (Å²) in [6, 6.07) is 11.1. The van der Waals surface area contributed by atoms with Crippen molar-refractivity contribution in [1.29, 1.82) is 0 Å². The molecule has 0 radical (unpaired) electrons. The van der Waals surface area contributed by atoms with E-state index < -0.39 is 4.92 Å². The van der Waals surface area contributed by atoms with Crippen LogP contribution >= 0.6 is 23.2 Å². The summed E-state index contributed by atoms with van der Waals surface area (Å²) >= 11 is 12.0. The highest BCUT2D eigenvalue weighted by atomic mass is 35.5. The molecule has 1 aliphatic heterocycles. The Balaban J connectivity index is 1.56. The molecule has 0 aromatic heterocycles. The van der Waals surface area contributed by atoms with E-state index in [9.17, 15) is 10.1 Å². The first kappa shape index (κ1) is 16.5. The van der Waals surface area contributed by atoms with Gasteiger partial charge in [0.25, 0.3) is 5.69 Å². The summed E-state index contributed by atoms with van der Waals surface area (Å²) in [5.74, 6) is 0.530. The maximum Gasteiger partial charge on any atom is 0.269 e. The number of hydrogen-bond donors (Lipinski definition) is 0. The molecule has 0 N–H and O–H groups in total. The van der Waals surface area contributed by atoms with Crippen molar-refractivity contribution >= 4 is 34.6 Å². The molecule has 0 bridgehead atoms. The van der Waals surface area contributed by atoms with E-state index in [0.717, 1.165) is 11.3 Å². The highest BCUT2D eigenvalue weighted by Crippen LogP contribution is 2.26. The van der Waals surface area contributed by atoms with Gasteiger partial charge < -0.3 is 9.57 Å². The van der Waals surface area contributed by atoms with Crippen molar-refractivity contribution in [2.24, 2.45) is 5.16 Å². The molecule has 0 saturated heterocycles. The first-order valence-electron chi connectivity index (χ1n) is 7.08. The molecule has 0 unspecified atom stereocenters. The van der Waals surface area contributed by atoms with Crippen molar-refractivity contribution in [3.8, 4) is 5.75 Å². The van der Waals surface area contributed by atoms with Gasteiger partial charge in [0.05, 0.1) is 15.7 Å². The number of benzene rings is 2. The normalized spacial score (nSPS) is 16.4. The zero-order chi connectivity index (χ0) is 17.1. The number of nitro benzene ring substituents is 1. The van der Waals surface area contributed by atoms with Crippen LogP contribution in [-0.4, -0.2) is 23.3 Å². The second-order valence-corrected chi connectivity index (χ2v) is 6.00. The van der Waals surface area contributed by atoms with Gasteiger partial charge in [0.1, 0.15) is 12.4 Å². The molecular formula is C16H12Cl2N2O4. The second kappa shape index (κ2) is 7.07. The van der Waals surface area contributed by atoms with Crippen LogP contribution in [-0.2, 0) is 4.84 Å². The van der Waals surface area contributed by atoms with Gasteiger partial charge in [-0.25, -0.2) is 0 Å². The lowest BCUT2D eigenvalue weighted by Gasteiger charge is -2.10. The minimum absolute atomic E-state index is 0.0162. The molecule has 124 valence electrons. The predicted molar refractivity (Wildman–Crippen MR) is 91.1 cm³/mol. The average molecular weight is 367 g/mol. The molecule has 6 nitrogen and oxygen atoms in total. The third-order valence-electron chi connectivity index (χ3n) is 3.46. The fourth-order valence-corrected chi connectivity index (χ4v) is 2.77. The molecule has 0 saturated carbocycles. The molecule has 1 aliphatic rings. The third-order valence-corrected chi connectivity index (χ3v) is 4.01. The monoisotopic (exact) mass is 366 g/mol. The number of oxime groups is 1. The minimum atomic E-state index is -0.458. The summed E-state index contributed by atoms with van der Waals surface area (Å²) in [4.78, 5) is 15.5. The average Bonchev–Trinajstić information content (AvgIpc) is 3.02. The molecule has 0 aliphatic carbocycles. The van der Waals surface area contributed by atoms with Gasteiger partial charge in [0.2, 0.25) is 0 Å².